The van der Waals surface area contributed by atoms with Crippen LogP contribution in [-0.2, 0) is 4.74 Å². The maximum absolute atomic E-state index is 10.3. The second-order valence-corrected chi connectivity index (χ2v) is 8.41. The predicted molar refractivity (Wildman–Crippen MR) is 110 cm³/mol. The van der Waals surface area contributed by atoms with Gasteiger partial charge in [0.15, 0.2) is 23.2 Å². The average molecular weight is 430 g/mol. The molecular weight excluding hydrogens is 408 g/mol. The van der Waals surface area contributed by atoms with Crippen LogP contribution >= 0.6 is 11.8 Å². The number of ether oxygens (including phenoxy) is 1. The maximum Gasteiger partial charge on any atom is 0.171 e. The van der Waals surface area contributed by atoms with E-state index in [1.54, 1.807) is 0 Å². The Morgan fingerprint density at radius 1 is 1.17 bits per heavy atom. The van der Waals surface area contributed by atoms with Crippen LogP contribution in [-0.4, -0.2) is 65.5 Å². The normalized spacial score (nSPS) is 28.6. The Morgan fingerprint density at radius 3 is 2.87 bits per heavy atom. The number of benzene rings is 1. The summed E-state index contributed by atoms with van der Waals surface area (Å²) in [5.74, 6) is 1.52. The van der Waals surface area contributed by atoms with Crippen molar-refractivity contribution in [2.45, 2.75) is 41.9 Å². The van der Waals surface area contributed by atoms with Crippen molar-refractivity contribution in [3.8, 4) is 0 Å². The van der Waals surface area contributed by atoms with Crippen molar-refractivity contribution in [1.29, 1.82) is 0 Å². The molecule has 5 N–H and O–H groups in total. The lowest BCUT2D eigenvalue weighted by atomic mass is 10.0. The number of nitrogens with zero attached hydrogens (tertiary/aromatic N) is 4. The number of aliphatic hydroxyl groups excluding tert-OH is 3. The Morgan fingerprint density at radius 2 is 2.03 bits per heavy atom. The van der Waals surface area contributed by atoms with E-state index >= 15 is 0 Å². The van der Waals surface area contributed by atoms with E-state index < -0.39 is 31.1 Å². The minimum Gasteiger partial charge on any atom is -0.394 e. The van der Waals surface area contributed by atoms with Gasteiger partial charge in [-0.15, -0.1) is 11.8 Å². The van der Waals surface area contributed by atoms with Crippen molar-refractivity contribution in [1.82, 2.24) is 24.9 Å². The van der Waals surface area contributed by atoms with E-state index in [4.69, 9.17) is 4.74 Å². The van der Waals surface area contributed by atoms with E-state index in [0.29, 0.717) is 17.0 Å². The number of rotatable bonds is 5. The summed E-state index contributed by atoms with van der Waals surface area (Å²) in [6.07, 6.45) is -0.315. The van der Waals surface area contributed by atoms with E-state index in [0.717, 1.165) is 12.2 Å². The molecule has 2 aliphatic rings. The van der Waals surface area contributed by atoms with Crippen LogP contribution < -0.4 is 10.9 Å². The van der Waals surface area contributed by atoms with E-state index in [2.05, 4.69) is 37.9 Å². The van der Waals surface area contributed by atoms with Gasteiger partial charge >= 0.3 is 0 Å². The predicted octanol–water partition coefficient (Wildman–Crippen LogP) is 0.591. The smallest absolute Gasteiger partial charge is 0.171 e. The number of aromatic nitrogens is 4. The number of fused-ring (bicyclic) bond motifs is 2. The molecule has 2 aromatic heterocycles. The minimum atomic E-state index is -1.21. The molecule has 0 bridgehead atoms. The van der Waals surface area contributed by atoms with Crippen LogP contribution in [0.25, 0.3) is 11.2 Å². The molecule has 2 aliphatic heterocycles. The first kappa shape index (κ1) is 19.7. The quantitative estimate of drug-likeness (QED) is 0.366. The molecule has 30 heavy (non-hydrogen) atoms. The Hall–Kier alpha value is -2.28. The third kappa shape index (κ3) is 3.33. The summed E-state index contributed by atoms with van der Waals surface area (Å²) in [6.45, 7) is -0.395. The molecule has 11 heteroatoms. The van der Waals surface area contributed by atoms with Gasteiger partial charge in [0.05, 0.1) is 19.0 Å². The summed E-state index contributed by atoms with van der Waals surface area (Å²) < 4.78 is 7.14. The highest BCUT2D eigenvalue weighted by Gasteiger charge is 2.44. The first-order valence-electron chi connectivity index (χ1n) is 9.70. The number of imidazole rings is 1. The zero-order valence-corrected chi connectivity index (χ0v) is 16.7. The molecule has 5 rings (SSSR count). The van der Waals surface area contributed by atoms with Gasteiger partial charge in [0, 0.05) is 4.90 Å². The first-order chi connectivity index (χ1) is 14.7. The van der Waals surface area contributed by atoms with E-state index in [1.807, 2.05) is 23.9 Å². The number of hydrogen-bond acceptors (Lipinski definition) is 10. The molecule has 1 aromatic carbocycles. The third-order valence-corrected chi connectivity index (χ3v) is 6.60. The van der Waals surface area contributed by atoms with Gasteiger partial charge in [-0.2, -0.15) is 0 Å². The van der Waals surface area contributed by atoms with Crippen molar-refractivity contribution in [3.63, 3.8) is 0 Å². The molecular formula is C19H22N6O4S. The fourth-order valence-electron chi connectivity index (χ4n) is 3.89. The van der Waals surface area contributed by atoms with Crippen molar-refractivity contribution < 1.29 is 20.1 Å². The monoisotopic (exact) mass is 430 g/mol. The maximum atomic E-state index is 10.3. The number of thioether (sulfide) groups is 1. The standard InChI is InChI=1S/C19H22N6O4S/c26-7-12-15(27)16(28)19(29-12)25-9-22-14-17(20-8-21-18(14)25)24-23-11-5-6-30-13-4-2-1-3-10(11)13/h1-4,8-9,11-12,15-16,19,23,26-28H,5-7H2,(H,20,21,24)/t11?,12-,15-,16-,19-/m1/s1. The Bertz CT molecular complexity index is 1050. The van der Waals surface area contributed by atoms with Crippen molar-refractivity contribution in [2.24, 2.45) is 0 Å². The van der Waals surface area contributed by atoms with Gasteiger partial charge in [-0.3, -0.25) is 4.57 Å². The molecule has 158 valence electrons. The molecule has 0 aliphatic carbocycles. The highest BCUT2D eigenvalue weighted by molar-refractivity contribution is 7.99. The van der Waals surface area contributed by atoms with Gasteiger partial charge in [-0.25, -0.2) is 20.4 Å². The van der Waals surface area contributed by atoms with Crippen molar-refractivity contribution in [2.75, 3.05) is 17.8 Å². The average Bonchev–Trinajstić information content (AvgIpc) is 3.33. The largest absolute Gasteiger partial charge is 0.394 e. The van der Waals surface area contributed by atoms with Gasteiger partial charge in [-0.1, -0.05) is 18.2 Å². The summed E-state index contributed by atoms with van der Waals surface area (Å²) >= 11 is 1.85. The van der Waals surface area contributed by atoms with Gasteiger partial charge in [-0.05, 0) is 23.8 Å². The molecule has 5 atom stereocenters. The number of nitrogens with one attached hydrogen (secondary N) is 2. The molecule has 1 unspecified atom stereocenters. The lowest BCUT2D eigenvalue weighted by Gasteiger charge is -2.26. The fraction of sp³-hybridized carbons (Fsp3) is 0.421. The zero-order valence-electron chi connectivity index (χ0n) is 15.9. The molecule has 0 radical (unpaired) electrons. The third-order valence-electron chi connectivity index (χ3n) is 5.47. The molecule has 1 fully saturated rings. The van der Waals surface area contributed by atoms with Crippen LogP contribution in [0.3, 0.4) is 0 Å². The second-order valence-electron chi connectivity index (χ2n) is 7.27. The highest BCUT2D eigenvalue weighted by atomic mass is 32.2. The molecule has 10 nitrogen and oxygen atoms in total. The van der Waals surface area contributed by atoms with E-state index in [-0.39, 0.29) is 6.04 Å². The van der Waals surface area contributed by atoms with Crippen LogP contribution in [0.1, 0.15) is 24.3 Å². The Labute approximate surface area is 176 Å². The summed E-state index contributed by atoms with van der Waals surface area (Å²) in [6, 6.07) is 8.45. The van der Waals surface area contributed by atoms with Crippen LogP contribution in [0, 0.1) is 0 Å². The summed E-state index contributed by atoms with van der Waals surface area (Å²) in [5.41, 5.74) is 8.69. The number of anilines is 1. The second kappa shape index (κ2) is 8.10. The van der Waals surface area contributed by atoms with E-state index in [1.165, 1.54) is 27.7 Å². The minimum absolute atomic E-state index is 0.134. The molecule has 0 saturated carbocycles. The number of aliphatic hydroxyl groups is 3. The Balaban J connectivity index is 1.39. The lowest BCUT2D eigenvalue weighted by molar-refractivity contribution is -0.0511. The zero-order chi connectivity index (χ0) is 20.7. The van der Waals surface area contributed by atoms with Crippen LogP contribution in [0.4, 0.5) is 5.82 Å². The molecule has 4 heterocycles. The fourth-order valence-corrected chi connectivity index (χ4v) is 5.01. The van der Waals surface area contributed by atoms with Gasteiger partial charge in [0.2, 0.25) is 0 Å². The van der Waals surface area contributed by atoms with E-state index in [9.17, 15) is 15.3 Å². The topological polar surface area (TPSA) is 138 Å². The SMILES string of the molecule is OC[C@H]1O[C@@H](n2cnc3c(NNC4CCSc5ccccc54)ncnc32)[C@H](O)[C@@H]1O. The van der Waals surface area contributed by atoms with Gasteiger partial charge in [0.1, 0.15) is 24.6 Å². The van der Waals surface area contributed by atoms with Crippen LogP contribution in [0.2, 0.25) is 0 Å². The van der Waals surface area contributed by atoms with Crippen molar-refractivity contribution in [3.05, 3.63) is 42.5 Å². The summed E-state index contributed by atoms with van der Waals surface area (Å²) in [7, 11) is 0. The number of hydrazine groups is 1. The van der Waals surface area contributed by atoms with Crippen molar-refractivity contribution >= 4 is 28.7 Å². The Kier molecular flexibility index (Phi) is 5.31. The molecule has 1 saturated heterocycles. The lowest BCUT2D eigenvalue weighted by Crippen LogP contribution is -2.33. The molecule has 3 aromatic rings. The highest BCUT2D eigenvalue weighted by Crippen LogP contribution is 2.36. The molecule has 0 spiro atoms. The van der Waals surface area contributed by atoms with Gasteiger partial charge in [0.25, 0.3) is 0 Å². The summed E-state index contributed by atoms with van der Waals surface area (Å²) in [5, 5.41) is 29.7. The number of hydrogen-bond donors (Lipinski definition) is 5. The van der Waals surface area contributed by atoms with Crippen LogP contribution in [0.5, 0.6) is 0 Å². The van der Waals surface area contributed by atoms with Crippen LogP contribution in [0.15, 0.2) is 41.8 Å². The molecule has 0 amide bonds. The van der Waals surface area contributed by atoms with Gasteiger partial charge < -0.3 is 25.5 Å². The summed E-state index contributed by atoms with van der Waals surface area (Å²) in [4.78, 5) is 14.2. The first-order valence-corrected chi connectivity index (χ1v) is 10.7.